The molecule has 0 aromatic carbocycles. The van der Waals surface area contributed by atoms with Gasteiger partial charge >= 0.3 is 16.2 Å². The summed E-state index contributed by atoms with van der Waals surface area (Å²) < 4.78 is 24.5. The zero-order valence-electron chi connectivity index (χ0n) is 6.94. The Hall–Kier alpha value is -0.820. The van der Waals surface area contributed by atoms with Crippen LogP contribution < -0.4 is 5.32 Å². The number of rotatable bonds is 2. The molecular formula is C5H11N3O3S. The fraction of sp³-hybridized carbons (Fsp3) is 0.800. The summed E-state index contributed by atoms with van der Waals surface area (Å²) in [7, 11) is -0.792. The zero-order valence-corrected chi connectivity index (χ0v) is 7.76. The van der Waals surface area contributed by atoms with E-state index in [1.165, 1.54) is 14.1 Å². The summed E-state index contributed by atoms with van der Waals surface area (Å²) in [5, 5.41) is 2.41. The van der Waals surface area contributed by atoms with Crippen LogP contribution >= 0.6 is 0 Å². The summed E-state index contributed by atoms with van der Waals surface area (Å²) in [5.41, 5.74) is 0. The van der Waals surface area contributed by atoms with Crippen LogP contribution in [0.3, 0.4) is 0 Å². The first-order valence-corrected chi connectivity index (χ1v) is 4.84. The molecular weight excluding hydrogens is 182 g/mol. The highest BCUT2D eigenvalue weighted by Crippen LogP contribution is 2.07. The van der Waals surface area contributed by atoms with Crippen LogP contribution in [0.15, 0.2) is 0 Å². The van der Waals surface area contributed by atoms with Crippen molar-refractivity contribution in [1.29, 1.82) is 0 Å². The summed E-state index contributed by atoms with van der Waals surface area (Å²) in [4.78, 5) is 10.9. The summed E-state index contributed by atoms with van der Waals surface area (Å²) in [6.45, 7) is 0.589. The van der Waals surface area contributed by atoms with Crippen molar-refractivity contribution < 1.29 is 13.2 Å². The Balaban J connectivity index is 2.89. The molecule has 0 aliphatic carbocycles. The number of carbonyl (C=O) groups is 1. The van der Waals surface area contributed by atoms with E-state index in [-0.39, 0.29) is 6.54 Å². The third-order valence-corrected chi connectivity index (χ3v) is 3.39. The van der Waals surface area contributed by atoms with Gasteiger partial charge in [0.2, 0.25) is 0 Å². The van der Waals surface area contributed by atoms with Gasteiger partial charge in [0.05, 0.1) is 6.54 Å². The molecule has 0 saturated carbocycles. The van der Waals surface area contributed by atoms with Crippen molar-refractivity contribution in [1.82, 2.24) is 13.9 Å². The van der Waals surface area contributed by atoms with Crippen LogP contribution in [0.5, 0.6) is 0 Å². The lowest BCUT2D eigenvalue weighted by molar-refractivity contribution is 0.234. The monoisotopic (exact) mass is 193 g/mol. The fourth-order valence-corrected chi connectivity index (χ4v) is 1.86. The first kappa shape index (κ1) is 9.27. The molecule has 1 aliphatic heterocycles. The topological polar surface area (TPSA) is 69.7 Å². The molecule has 1 saturated heterocycles. The zero-order chi connectivity index (χ0) is 9.35. The molecule has 0 radical (unpaired) electrons. The number of hydrogen-bond acceptors (Lipinski definition) is 3. The number of nitrogens with zero attached hydrogens (tertiary/aromatic N) is 2. The normalized spacial score (nSPS) is 18.6. The number of nitrogens with one attached hydrogen (secondary N) is 1. The molecule has 6 nitrogen and oxygen atoms in total. The lowest BCUT2D eigenvalue weighted by Crippen LogP contribution is -2.41. The molecule has 12 heavy (non-hydrogen) atoms. The Labute approximate surface area is 71.3 Å². The molecule has 1 N–H and O–H groups in total. The molecule has 0 spiro atoms. The van der Waals surface area contributed by atoms with E-state index in [2.05, 4.69) is 5.32 Å². The van der Waals surface area contributed by atoms with Gasteiger partial charge in [-0.1, -0.05) is 0 Å². The molecule has 0 aromatic heterocycles. The third kappa shape index (κ3) is 1.37. The maximum Gasteiger partial charge on any atom is 0.332 e. The Kier molecular flexibility index (Phi) is 2.25. The van der Waals surface area contributed by atoms with E-state index in [0.29, 0.717) is 6.54 Å². The summed E-state index contributed by atoms with van der Waals surface area (Å²) in [6, 6.07) is -0.552. The number of urea groups is 1. The third-order valence-electron chi connectivity index (χ3n) is 1.56. The van der Waals surface area contributed by atoms with E-state index in [1.807, 2.05) is 0 Å². The predicted molar refractivity (Wildman–Crippen MR) is 42.7 cm³/mol. The molecule has 0 unspecified atom stereocenters. The average Bonchev–Trinajstić information content (AvgIpc) is 2.35. The van der Waals surface area contributed by atoms with E-state index >= 15 is 0 Å². The molecule has 7 heteroatoms. The number of hydrogen-bond donors (Lipinski definition) is 1. The highest BCUT2D eigenvalue weighted by Gasteiger charge is 2.32. The SMILES string of the molecule is CN(C)S(=O)(=O)N1CCNC1=O. The van der Waals surface area contributed by atoms with Gasteiger partial charge in [0.25, 0.3) is 0 Å². The molecule has 0 atom stereocenters. The van der Waals surface area contributed by atoms with Gasteiger partial charge in [-0.15, -0.1) is 0 Å². The highest BCUT2D eigenvalue weighted by atomic mass is 32.2. The van der Waals surface area contributed by atoms with Gasteiger partial charge in [0.15, 0.2) is 0 Å². The first-order chi connectivity index (χ1) is 5.46. The minimum atomic E-state index is -3.57. The minimum Gasteiger partial charge on any atom is -0.335 e. The summed E-state index contributed by atoms with van der Waals surface area (Å²) >= 11 is 0. The van der Waals surface area contributed by atoms with Crippen LogP contribution in [0.25, 0.3) is 0 Å². The van der Waals surface area contributed by atoms with Gasteiger partial charge in [-0.2, -0.15) is 12.7 Å². The van der Waals surface area contributed by atoms with Crippen LogP contribution in [0.2, 0.25) is 0 Å². The maximum absolute atomic E-state index is 11.3. The molecule has 70 valence electrons. The van der Waals surface area contributed by atoms with E-state index in [9.17, 15) is 13.2 Å². The summed E-state index contributed by atoms with van der Waals surface area (Å²) in [5.74, 6) is 0. The minimum absolute atomic E-state index is 0.208. The van der Waals surface area contributed by atoms with Crippen molar-refractivity contribution in [2.75, 3.05) is 27.2 Å². The fourth-order valence-electron chi connectivity index (χ4n) is 0.871. The lowest BCUT2D eigenvalue weighted by Gasteiger charge is -2.18. The first-order valence-electron chi connectivity index (χ1n) is 3.44. The molecule has 1 heterocycles. The van der Waals surface area contributed by atoms with Gasteiger partial charge in [-0.25, -0.2) is 9.10 Å². The molecule has 1 rings (SSSR count). The van der Waals surface area contributed by atoms with Crippen molar-refractivity contribution in [2.24, 2.45) is 0 Å². The second-order valence-electron chi connectivity index (χ2n) is 2.59. The Morgan fingerprint density at radius 2 is 2.08 bits per heavy atom. The van der Waals surface area contributed by atoms with Gasteiger partial charge < -0.3 is 5.32 Å². The highest BCUT2D eigenvalue weighted by molar-refractivity contribution is 7.87. The van der Waals surface area contributed by atoms with Crippen molar-refractivity contribution in [2.45, 2.75) is 0 Å². The maximum atomic E-state index is 11.3. The molecule has 0 bridgehead atoms. The molecule has 1 aliphatic rings. The standard InChI is InChI=1S/C5H11N3O3S/c1-7(2)12(10,11)8-4-3-6-5(8)9/h3-4H2,1-2H3,(H,6,9). The smallest absolute Gasteiger partial charge is 0.332 e. The second-order valence-corrected chi connectivity index (χ2v) is 4.66. The number of carbonyl (C=O) groups excluding carboxylic acids is 1. The number of amides is 2. The van der Waals surface area contributed by atoms with Crippen LogP contribution in [0, 0.1) is 0 Å². The van der Waals surface area contributed by atoms with E-state index in [1.54, 1.807) is 0 Å². The Morgan fingerprint density at radius 3 is 2.42 bits per heavy atom. The lowest BCUT2D eigenvalue weighted by atomic mass is 10.7. The van der Waals surface area contributed by atoms with Crippen LogP contribution in [-0.4, -0.2) is 50.2 Å². The molecule has 0 aromatic rings. The van der Waals surface area contributed by atoms with E-state index in [0.717, 1.165) is 8.61 Å². The van der Waals surface area contributed by atoms with Crippen molar-refractivity contribution in [3.8, 4) is 0 Å². The van der Waals surface area contributed by atoms with E-state index < -0.39 is 16.2 Å². The van der Waals surface area contributed by atoms with Gasteiger partial charge in [-0.3, -0.25) is 0 Å². The largest absolute Gasteiger partial charge is 0.335 e. The van der Waals surface area contributed by atoms with Crippen molar-refractivity contribution in [3.63, 3.8) is 0 Å². The summed E-state index contributed by atoms with van der Waals surface area (Å²) in [6.07, 6.45) is 0. The quantitative estimate of drug-likeness (QED) is 0.600. The van der Waals surface area contributed by atoms with Crippen LogP contribution in [0.4, 0.5) is 4.79 Å². The van der Waals surface area contributed by atoms with Crippen LogP contribution in [0.1, 0.15) is 0 Å². The second kappa shape index (κ2) is 2.91. The van der Waals surface area contributed by atoms with Gasteiger partial charge in [0, 0.05) is 20.6 Å². The Bertz CT molecular complexity index is 284. The van der Waals surface area contributed by atoms with Gasteiger partial charge in [-0.05, 0) is 0 Å². The van der Waals surface area contributed by atoms with E-state index in [4.69, 9.17) is 0 Å². The average molecular weight is 193 g/mol. The Morgan fingerprint density at radius 1 is 1.50 bits per heavy atom. The molecule has 1 fully saturated rings. The van der Waals surface area contributed by atoms with Crippen molar-refractivity contribution in [3.05, 3.63) is 0 Å². The predicted octanol–water partition coefficient (Wildman–Crippen LogP) is -1.18. The molecule has 2 amide bonds. The van der Waals surface area contributed by atoms with Crippen molar-refractivity contribution >= 4 is 16.2 Å². The van der Waals surface area contributed by atoms with Gasteiger partial charge in [0.1, 0.15) is 0 Å². The van der Waals surface area contributed by atoms with Crippen LogP contribution in [-0.2, 0) is 10.2 Å².